The summed E-state index contributed by atoms with van der Waals surface area (Å²) in [5.41, 5.74) is 0.458. The van der Waals surface area contributed by atoms with E-state index in [1.807, 2.05) is 6.07 Å². The highest BCUT2D eigenvalue weighted by Gasteiger charge is 2.45. The van der Waals surface area contributed by atoms with Crippen LogP contribution in [-0.2, 0) is 0 Å². The first-order valence-corrected chi connectivity index (χ1v) is 4.60. The van der Waals surface area contributed by atoms with E-state index in [1.165, 1.54) is 6.20 Å². The van der Waals surface area contributed by atoms with Gasteiger partial charge in [0, 0.05) is 25.1 Å². The van der Waals surface area contributed by atoms with Crippen molar-refractivity contribution in [3.05, 3.63) is 23.9 Å². The number of nitrogens with zero attached hydrogens (tertiary/aromatic N) is 2. The fourth-order valence-electron chi connectivity index (χ4n) is 1.52. The van der Waals surface area contributed by atoms with Crippen LogP contribution in [-0.4, -0.2) is 16.9 Å². The van der Waals surface area contributed by atoms with Gasteiger partial charge in [0.1, 0.15) is 11.9 Å². The molecular formula is C10H9F2N3. The molecule has 0 aromatic carbocycles. The molecule has 0 atom stereocenters. The van der Waals surface area contributed by atoms with Crippen molar-refractivity contribution in [3.63, 3.8) is 0 Å². The van der Waals surface area contributed by atoms with Gasteiger partial charge in [-0.3, -0.25) is 0 Å². The molecule has 0 spiro atoms. The third kappa shape index (κ3) is 2.21. The van der Waals surface area contributed by atoms with Crippen molar-refractivity contribution in [2.45, 2.75) is 24.8 Å². The summed E-state index contributed by atoms with van der Waals surface area (Å²) in [6, 6.07) is 4.95. The molecule has 1 fully saturated rings. The zero-order valence-electron chi connectivity index (χ0n) is 7.87. The van der Waals surface area contributed by atoms with E-state index in [1.54, 1.807) is 12.1 Å². The van der Waals surface area contributed by atoms with E-state index >= 15 is 0 Å². The van der Waals surface area contributed by atoms with Gasteiger partial charge in [0.05, 0.1) is 5.56 Å². The third-order valence-corrected chi connectivity index (χ3v) is 2.33. The van der Waals surface area contributed by atoms with Crippen LogP contribution in [0.4, 0.5) is 14.6 Å². The Labute approximate surface area is 85.7 Å². The Balaban J connectivity index is 1.93. The van der Waals surface area contributed by atoms with Gasteiger partial charge in [0.2, 0.25) is 0 Å². The molecule has 5 heteroatoms. The van der Waals surface area contributed by atoms with Crippen molar-refractivity contribution in [3.8, 4) is 6.07 Å². The zero-order chi connectivity index (χ0) is 10.9. The second-order valence-electron chi connectivity index (χ2n) is 3.65. The summed E-state index contributed by atoms with van der Waals surface area (Å²) < 4.78 is 25.0. The van der Waals surface area contributed by atoms with Crippen LogP contribution in [0, 0.1) is 11.3 Å². The number of nitriles is 1. The Bertz CT molecular complexity index is 386. The molecule has 0 aliphatic heterocycles. The lowest BCUT2D eigenvalue weighted by atomic mass is 9.88. The second kappa shape index (κ2) is 3.46. The summed E-state index contributed by atoms with van der Waals surface area (Å²) >= 11 is 0. The van der Waals surface area contributed by atoms with Crippen LogP contribution in [0.15, 0.2) is 18.3 Å². The van der Waals surface area contributed by atoms with Gasteiger partial charge in [-0.1, -0.05) is 0 Å². The van der Waals surface area contributed by atoms with E-state index in [-0.39, 0.29) is 18.9 Å². The molecule has 0 saturated heterocycles. The molecule has 1 N–H and O–H groups in total. The molecule has 0 unspecified atom stereocenters. The average molecular weight is 209 g/mol. The Hall–Kier alpha value is -1.70. The highest BCUT2D eigenvalue weighted by Crippen LogP contribution is 2.38. The molecule has 1 aliphatic carbocycles. The maximum atomic E-state index is 12.5. The summed E-state index contributed by atoms with van der Waals surface area (Å²) in [6.45, 7) is 0. The van der Waals surface area contributed by atoms with Crippen LogP contribution in [0.3, 0.4) is 0 Å². The summed E-state index contributed by atoms with van der Waals surface area (Å²) in [7, 11) is 0. The van der Waals surface area contributed by atoms with Gasteiger partial charge in [-0.05, 0) is 12.1 Å². The molecule has 1 aromatic heterocycles. The summed E-state index contributed by atoms with van der Waals surface area (Å²) in [5.74, 6) is -1.99. The number of halogens is 2. The minimum Gasteiger partial charge on any atom is -0.367 e. The van der Waals surface area contributed by atoms with Crippen LogP contribution in [0.25, 0.3) is 0 Å². The lowest BCUT2D eigenvalue weighted by Gasteiger charge is -2.35. The molecule has 1 aliphatic rings. The number of alkyl halides is 2. The number of hydrogen-bond acceptors (Lipinski definition) is 3. The quantitative estimate of drug-likeness (QED) is 0.811. The van der Waals surface area contributed by atoms with Gasteiger partial charge in [0.15, 0.2) is 0 Å². The van der Waals surface area contributed by atoms with E-state index in [4.69, 9.17) is 5.26 Å². The first-order chi connectivity index (χ1) is 7.09. The number of nitrogens with one attached hydrogen (secondary N) is 1. The number of pyridine rings is 1. The first kappa shape index (κ1) is 9.84. The molecule has 2 rings (SSSR count). The van der Waals surface area contributed by atoms with Crippen molar-refractivity contribution < 1.29 is 8.78 Å². The Morgan fingerprint density at radius 1 is 1.47 bits per heavy atom. The van der Waals surface area contributed by atoms with Gasteiger partial charge < -0.3 is 5.32 Å². The van der Waals surface area contributed by atoms with Gasteiger partial charge in [-0.25, -0.2) is 13.8 Å². The summed E-state index contributed by atoms with van der Waals surface area (Å²) in [5, 5.41) is 11.4. The average Bonchev–Trinajstić information content (AvgIpc) is 2.16. The Kier molecular flexibility index (Phi) is 2.27. The van der Waals surface area contributed by atoms with Crippen LogP contribution in [0.5, 0.6) is 0 Å². The number of hydrogen-bond donors (Lipinski definition) is 1. The lowest BCUT2D eigenvalue weighted by molar-refractivity contribution is -0.0794. The normalized spacial score (nSPS) is 19.0. The fourth-order valence-corrected chi connectivity index (χ4v) is 1.52. The molecule has 15 heavy (non-hydrogen) atoms. The molecular weight excluding hydrogens is 200 g/mol. The molecule has 3 nitrogen and oxygen atoms in total. The minimum absolute atomic E-state index is 0.144. The van der Waals surface area contributed by atoms with E-state index in [2.05, 4.69) is 10.3 Å². The van der Waals surface area contributed by atoms with Crippen molar-refractivity contribution in [2.24, 2.45) is 0 Å². The molecule has 1 aromatic rings. The van der Waals surface area contributed by atoms with Crippen LogP contribution >= 0.6 is 0 Å². The number of rotatable bonds is 2. The van der Waals surface area contributed by atoms with Gasteiger partial charge in [0.25, 0.3) is 5.92 Å². The molecule has 78 valence electrons. The third-order valence-electron chi connectivity index (χ3n) is 2.33. The smallest absolute Gasteiger partial charge is 0.252 e. The maximum Gasteiger partial charge on any atom is 0.252 e. The van der Waals surface area contributed by atoms with E-state index in [0.717, 1.165) is 0 Å². The number of aromatic nitrogens is 1. The molecule has 1 saturated carbocycles. The lowest BCUT2D eigenvalue weighted by Crippen LogP contribution is -2.44. The predicted octanol–water partition coefficient (Wildman–Crippen LogP) is 2.16. The van der Waals surface area contributed by atoms with Crippen LogP contribution in [0.2, 0.25) is 0 Å². The van der Waals surface area contributed by atoms with E-state index in [0.29, 0.717) is 11.4 Å². The molecule has 0 bridgehead atoms. The van der Waals surface area contributed by atoms with Crippen molar-refractivity contribution in [1.29, 1.82) is 5.26 Å². The van der Waals surface area contributed by atoms with Gasteiger partial charge >= 0.3 is 0 Å². The van der Waals surface area contributed by atoms with E-state index in [9.17, 15) is 8.78 Å². The monoisotopic (exact) mass is 209 g/mol. The molecule has 0 amide bonds. The van der Waals surface area contributed by atoms with Crippen molar-refractivity contribution in [2.75, 3.05) is 5.32 Å². The SMILES string of the molecule is N#Cc1ccc(NC2CC(F)(F)C2)nc1. The van der Waals surface area contributed by atoms with Crippen LogP contribution < -0.4 is 5.32 Å². The van der Waals surface area contributed by atoms with E-state index < -0.39 is 5.92 Å². The number of anilines is 1. The Morgan fingerprint density at radius 3 is 2.67 bits per heavy atom. The standard InChI is InChI=1S/C10H9F2N3/c11-10(12)3-8(4-10)15-9-2-1-7(5-13)6-14-9/h1-2,6,8H,3-4H2,(H,14,15). The maximum absolute atomic E-state index is 12.5. The van der Waals surface area contributed by atoms with Crippen molar-refractivity contribution in [1.82, 2.24) is 4.98 Å². The Morgan fingerprint density at radius 2 is 2.20 bits per heavy atom. The summed E-state index contributed by atoms with van der Waals surface area (Å²) in [4.78, 5) is 3.94. The fraction of sp³-hybridized carbons (Fsp3) is 0.400. The van der Waals surface area contributed by atoms with Crippen molar-refractivity contribution >= 4 is 5.82 Å². The largest absolute Gasteiger partial charge is 0.367 e. The van der Waals surface area contributed by atoms with Gasteiger partial charge in [-0.15, -0.1) is 0 Å². The predicted molar refractivity (Wildman–Crippen MR) is 50.5 cm³/mol. The minimum atomic E-state index is -2.52. The topological polar surface area (TPSA) is 48.7 Å². The second-order valence-corrected chi connectivity index (χ2v) is 3.65. The highest BCUT2D eigenvalue weighted by atomic mass is 19.3. The highest BCUT2D eigenvalue weighted by molar-refractivity contribution is 5.40. The first-order valence-electron chi connectivity index (χ1n) is 4.60. The zero-order valence-corrected chi connectivity index (χ0v) is 7.87. The molecule has 0 radical (unpaired) electrons. The van der Waals surface area contributed by atoms with Crippen LogP contribution in [0.1, 0.15) is 18.4 Å². The van der Waals surface area contributed by atoms with Gasteiger partial charge in [-0.2, -0.15) is 5.26 Å². The molecule has 1 heterocycles. The summed E-state index contributed by atoms with van der Waals surface area (Å²) in [6.07, 6.45) is 1.13.